The Kier molecular flexibility index (Phi) is 21.4. The summed E-state index contributed by atoms with van der Waals surface area (Å²) in [5, 5.41) is 0. The standard InChI is InChI=1S/C20H16.2Rb.2Y/c1-3-7-17(8-4-1)15-19-11-13-20(14-12-19)16-18-9-5-2-6-10-18;;;;/h3-14H,15-16H2;;;;/q-2;;;;. The van der Waals surface area contributed by atoms with Gasteiger partial charge >= 0.3 is 0 Å². The van der Waals surface area contributed by atoms with Crippen LogP contribution in [0.1, 0.15) is 22.3 Å². The van der Waals surface area contributed by atoms with Crippen LogP contribution in [0.25, 0.3) is 0 Å². The maximum absolute atomic E-state index is 3.05. The Bertz CT molecular complexity index is 596. The maximum Gasteiger partial charge on any atom is 0 e. The average Bonchev–Trinajstić information content (AvgIpc) is 2.51. The summed E-state index contributed by atoms with van der Waals surface area (Å²) in [5.74, 6) is 0. The summed E-state index contributed by atoms with van der Waals surface area (Å²) in [4.78, 5) is 0. The van der Waals surface area contributed by atoms with Crippen molar-refractivity contribution in [1.82, 2.24) is 0 Å². The normalized spacial score (nSPS) is 8.67. The van der Waals surface area contributed by atoms with Crippen LogP contribution in [0.4, 0.5) is 0 Å². The van der Waals surface area contributed by atoms with Crippen molar-refractivity contribution in [2.75, 3.05) is 0 Å². The van der Waals surface area contributed by atoms with Crippen LogP contribution in [0.3, 0.4) is 0 Å². The Morgan fingerprint density at radius 2 is 0.708 bits per heavy atom. The van der Waals surface area contributed by atoms with Gasteiger partial charge < -0.3 is 0 Å². The van der Waals surface area contributed by atoms with E-state index in [2.05, 4.69) is 60.7 Å². The van der Waals surface area contributed by atoms with Gasteiger partial charge in [0.1, 0.15) is 0 Å². The molecule has 24 heavy (non-hydrogen) atoms. The number of hydrogen-bond acceptors (Lipinski definition) is 0. The van der Waals surface area contributed by atoms with Gasteiger partial charge in [-0.15, -0.1) is 0 Å². The third-order valence-corrected chi connectivity index (χ3v) is 3.41. The molecule has 0 unspecified atom stereocenters. The summed E-state index contributed by atoms with van der Waals surface area (Å²) >= 11 is 0. The Labute approximate surface area is 294 Å². The molecule has 0 atom stereocenters. The molecule has 0 saturated carbocycles. The first-order chi connectivity index (χ1) is 9.90. The minimum atomic E-state index is 0. The topological polar surface area (TPSA) is 0 Å². The summed E-state index contributed by atoms with van der Waals surface area (Å²) < 4.78 is 0. The zero-order valence-corrected chi connectivity index (χ0v) is 30.0. The monoisotopic (exact) mass is 604 g/mol. The van der Waals surface area contributed by atoms with Gasteiger partial charge in [0.2, 0.25) is 0 Å². The van der Waals surface area contributed by atoms with Crippen molar-refractivity contribution in [3.8, 4) is 0 Å². The SMILES string of the molecule is [Rb].[Rb].[Y].[Y].[c-]1ccc(Cc2ccc(Cc3cc[c-]cc3)cc2)cc1. The van der Waals surface area contributed by atoms with E-state index in [1.165, 1.54) is 22.3 Å². The third kappa shape index (κ3) is 10.9. The van der Waals surface area contributed by atoms with Crippen LogP contribution in [0.5, 0.6) is 0 Å². The molecule has 4 heteroatoms. The molecule has 0 aliphatic carbocycles. The Morgan fingerprint density at radius 1 is 0.458 bits per heavy atom. The molecule has 0 amide bonds. The molecular formula is C20H16Rb2Y2-2. The molecule has 0 aliphatic rings. The van der Waals surface area contributed by atoms with Gasteiger partial charge in [-0.3, -0.25) is 0 Å². The second-order valence-electron chi connectivity index (χ2n) is 4.99. The second kappa shape index (κ2) is 17.3. The zero-order chi connectivity index (χ0) is 13.6. The van der Waals surface area contributed by atoms with Gasteiger partial charge in [-0.05, 0) is 24.0 Å². The van der Waals surface area contributed by atoms with Crippen molar-refractivity contribution in [1.29, 1.82) is 0 Å². The smallest absolute Gasteiger partial charge is 0 e. The quantitative estimate of drug-likeness (QED) is 0.399. The minimum absolute atomic E-state index is 0. The molecule has 0 aromatic heterocycles. The van der Waals surface area contributed by atoms with Crippen molar-refractivity contribution in [2.45, 2.75) is 12.8 Å². The Balaban J connectivity index is 0. The van der Waals surface area contributed by atoms with Crippen molar-refractivity contribution in [2.24, 2.45) is 0 Å². The zero-order valence-electron chi connectivity index (χ0n) is 14.5. The van der Waals surface area contributed by atoms with E-state index in [4.69, 9.17) is 0 Å². The molecule has 0 N–H and O–H groups in total. The van der Waals surface area contributed by atoms with Gasteiger partial charge in [0.25, 0.3) is 0 Å². The fourth-order valence-electron chi connectivity index (χ4n) is 2.32. The van der Waals surface area contributed by atoms with Crippen LogP contribution in [0.2, 0.25) is 0 Å². The molecule has 0 aliphatic heterocycles. The Morgan fingerprint density at radius 3 is 1.00 bits per heavy atom. The van der Waals surface area contributed by atoms with Crippen LogP contribution in [0.15, 0.2) is 72.8 Å². The van der Waals surface area contributed by atoms with Gasteiger partial charge in [0.15, 0.2) is 0 Å². The molecule has 3 aromatic rings. The van der Waals surface area contributed by atoms with E-state index in [0.717, 1.165) is 12.8 Å². The molecule has 0 fully saturated rings. The van der Waals surface area contributed by atoms with Crippen molar-refractivity contribution in [3.05, 3.63) is 107 Å². The van der Waals surface area contributed by atoms with Crippen molar-refractivity contribution in [3.63, 3.8) is 0 Å². The summed E-state index contributed by atoms with van der Waals surface area (Å²) in [6.07, 6.45) is 1.96. The summed E-state index contributed by atoms with van der Waals surface area (Å²) in [6, 6.07) is 31.3. The maximum atomic E-state index is 3.05. The van der Waals surface area contributed by atoms with Gasteiger partial charge in [-0.1, -0.05) is 24.3 Å². The van der Waals surface area contributed by atoms with Crippen LogP contribution in [0, 0.1) is 12.1 Å². The number of rotatable bonds is 4. The van der Waals surface area contributed by atoms with Crippen LogP contribution in [-0.4, -0.2) is 116 Å². The summed E-state index contributed by atoms with van der Waals surface area (Å²) in [7, 11) is 0. The van der Waals surface area contributed by atoms with Crippen LogP contribution >= 0.6 is 0 Å². The minimum Gasteiger partial charge on any atom is -0.184 e. The van der Waals surface area contributed by atoms with Gasteiger partial charge in [-0.2, -0.15) is 71.8 Å². The van der Waals surface area contributed by atoms with E-state index < -0.39 is 0 Å². The van der Waals surface area contributed by atoms with Crippen LogP contribution in [-0.2, 0) is 78.3 Å². The largest absolute Gasteiger partial charge is 0.184 e. The molecule has 3 aromatic carbocycles. The van der Waals surface area contributed by atoms with Gasteiger partial charge in [-0.25, -0.2) is 0 Å². The first kappa shape index (κ1) is 29.7. The summed E-state index contributed by atoms with van der Waals surface area (Å²) in [5.41, 5.74) is 5.35. The molecule has 0 nitrogen and oxygen atoms in total. The molecule has 0 spiro atoms. The predicted octanol–water partition coefficient (Wildman–Crippen LogP) is 3.70. The van der Waals surface area contributed by atoms with Gasteiger partial charge in [0, 0.05) is 182 Å². The van der Waals surface area contributed by atoms with E-state index in [9.17, 15) is 0 Å². The van der Waals surface area contributed by atoms with E-state index >= 15 is 0 Å². The van der Waals surface area contributed by atoms with E-state index in [-0.39, 0.29) is 182 Å². The fraction of sp³-hybridized carbons (Fsp3) is 0.100. The summed E-state index contributed by atoms with van der Waals surface area (Å²) in [6.45, 7) is 0. The van der Waals surface area contributed by atoms with Crippen molar-refractivity contribution >= 4 is 116 Å². The molecular weight excluding hydrogens is 589 g/mol. The predicted molar refractivity (Wildman–Crippen MR) is 94.1 cm³/mol. The van der Waals surface area contributed by atoms with E-state index in [1.807, 2.05) is 24.3 Å². The fourth-order valence-corrected chi connectivity index (χ4v) is 2.32. The third-order valence-electron chi connectivity index (χ3n) is 3.41. The van der Waals surface area contributed by atoms with E-state index in [1.54, 1.807) is 0 Å². The van der Waals surface area contributed by atoms with E-state index in [0.29, 0.717) is 0 Å². The average molecular weight is 605 g/mol. The second-order valence-corrected chi connectivity index (χ2v) is 4.99. The van der Waals surface area contributed by atoms with Gasteiger partial charge in [0.05, 0.1) is 0 Å². The molecule has 0 heterocycles. The first-order valence-electron chi connectivity index (χ1n) is 6.88. The van der Waals surface area contributed by atoms with Crippen molar-refractivity contribution < 1.29 is 65.4 Å². The molecule has 0 bridgehead atoms. The Hall–Kier alpha value is 3.48. The van der Waals surface area contributed by atoms with Crippen LogP contribution < -0.4 is 0 Å². The first-order valence-corrected chi connectivity index (χ1v) is 6.88. The number of benzene rings is 3. The molecule has 0 saturated heterocycles. The molecule has 3 rings (SSSR count). The molecule has 4 radical (unpaired) electrons. The molecule has 106 valence electrons. The number of hydrogen-bond donors (Lipinski definition) is 0.